The molecular weight excluding hydrogens is 298 g/mol. The van der Waals surface area contributed by atoms with Crippen LogP contribution in [0, 0.1) is 13.8 Å². The van der Waals surface area contributed by atoms with Gasteiger partial charge in [0.15, 0.2) is 5.13 Å². The monoisotopic (exact) mass is 311 g/mol. The predicted molar refractivity (Wildman–Crippen MR) is 77.6 cm³/mol. The number of hydrogen-bond donors (Lipinski definition) is 1. The lowest BCUT2D eigenvalue weighted by molar-refractivity contribution is 0.0526. The smallest absolute Gasteiger partial charge is 0.367 e. The number of esters is 1. The molecule has 0 spiro atoms. The Bertz CT molecular complexity index is 629. The van der Waals surface area contributed by atoms with E-state index in [1.807, 2.05) is 13.8 Å². The highest BCUT2D eigenvalue weighted by Crippen LogP contribution is 2.22. The van der Waals surface area contributed by atoms with Gasteiger partial charge in [0.25, 0.3) is 5.91 Å². The molecule has 0 atom stereocenters. The van der Waals surface area contributed by atoms with E-state index in [9.17, 15) is 9.59 Å². The number of thiazole rings is 2. The topological polar surface area (TPSA) is 81.2 Å². The van der Waals surface area contributed by atoms with E-state index < -0.39 is 5.97 Å². The number of hydrogen-bond acceptors (Lipinski definition) is 7. The fourth-order valence-corrected chi connectivity index (χ4v) is 2.85. The molecular formula is C12H13N3O3S2. The maximum absolute atomic E-state index is 12.0. The highest BCUT2D eigenvalue weighted by molar-refractivity contribution is 7.15. The second kappa shape index (κ2) is 6.10. The molecule has 0 aromatic carbocycles. The van der Waals surface area contributed by atoms with E-state index in [1.54, 1.807) is 6.92 Å². The van der Waals surface area contributed by atoms with Crippen LogP contribution in [-0.2, 0) is 4.74 Å². The van der Waals surface area contributed by atoms with E-state index in [1.165, 1.54) is 16.7 Å². The molecule has 20 heavy (non-hydrogen) atoms. The number of anilines is 1. The number of aryl methyl sites for hydroxylation is 2. The van der Waals surface area contributed by atoms with Gasteiger partial charge < -0.3 is 4.74 Å². The van der Waals surface area contributed by atoms with Gasteiger partial charge in [-0.05, 0) is 20.8 Å². The zero-order valence-corrected chi connectivity index (χ0v) is 12.9. The van der Waals surface area contributed by atoms with Gasteiger partial charge >= 0.3 is 5.97 Å². The van der Waals surface area contributed by atoms with Crippen LogP contribution >= 0.6 is 22.7 Å². The number of nitrogens with zero attached hydrogens (tertiary/aromatic N) is 2. The van der Waals surface area contributed by atoms with Crippen LogP contribution in [0.2, 0.25) is 0 Å². The molecule has 1 amide bonds. The fourth-order valence-electron chi connectivity index (χ4n) is 1.35. The number of ether oxygens (including phenoxy) is 1. The summed E-state index contributed by atoms with van der Waals surface area (Å²) in [6, 6.07) is 0. The molecule has 6 nitrogen and oxygen atoms in total. The average Bonchev–Trinajstić information content (AvgIpc) is 2.98. The first kappa shape index (κ1) is 14.6. The first-order valence-electron chi connectivity index (χ1n) is 5.89. The summed E-state index contributed by atoms with van der Waals surface area (Å²) in [4.78, 5) is 32.7. The van der Waals surface area contributed by atoms with Gasteiger partial charge in [-0.3, -0.25) is 10.1 Å². The number of carbonyl (C=O) groups excluding carboxylic acids is 2. The van der Waals surface area contributed by atoms with Crippen LogP contribution < -0.4 is 5.32 Å². The summed E-state index contributed by atoms with van der Waals surface area (Å²) in [5, 5.41) is 4.88. The lowest BCUT2D eigenvalue weighted by atomic mass is 10.4. The van der Waals surface area contributed by atoms with Crippen molar-refractivity contribution in [3.05, 3.63) is 26.7 Å². The van der Waals surface area contributed by atoms with Crippen LogP contribution in [0.25, 0.3) is 0 Å². The number of aromatic nitrogens is 2. The van der Waals surface area contributed by atoms with Crippen molar-refractivity contribution >= 4 is 39.7 Å². The molecule has 0 bridgehead atoms. The van der Waals surface area contributed by atoms with Crippen molar-refractivity contribution in [2.24, 2.45) is 0 Å². The number of amides is 1. The zero-order chi connectivity index (χ0) is 14.7. The van der Waals surface area contributed by atoms with Crippen LogP contribution in [0.4, 0.5) is 5.13 Å². The van der Waals surface area contributed by atoms with Crippen LogP contribution in [0.5, 0.6) is 0 Å². The molecule has 0 radical (unpaired) electrons. The molecule has 0 aliphatic heterocycles. The predicted octanol–water partition coefficient (Wildman–Crippen LogP) is 2.65. The van der Waals surface area contributed by atoms with Crippen molar-refractivity contribution < 1.29 is 14.3 Å². The number of nitrogens with one attached hydrogen (secondary N) is 1. The van der Waals surface area contributed by atoms with Gasteiger partial charge in [0.1, 0.15) is 5.69 Å². The Morgan fingerprint density at radius 1 is 1.35 bits per heavy atom. The molecule has 0 saturated heterocycles. The Morgan fingerprint density at radius 3 is 2.70 bits per heavy atom. The third-order valence-electron chi connectivity index (χ3n) is 2.44. The highest BCUT2D eigenvalue weighted by atomic mass is 32.1. The molecule has 0 unspecified atom stereocenters. The molecule has 0 fully saturated rings. The van der Waals surface area contributed by atoms with Crippen LogP contribution in [0.3, 0.4) is 0 Å². The standard InChI is InChI=1S/C12H13N3O3S2/c1-4-18-11(17)10-14-8(5-19-10)9(16)15-12-13-6(2)7(3)20-12/h5H,4H2,1-3H3,(H,13,15,16). The van der Waals surface area contributed by atoms with Gasteiger partial charge in [-0.2, -0.15) is 0 Å². The Morgan fingerprint density at radius 2 is 2.10 bits per heavy atom. The summed E-state index contributed by atoms with van der Waals surface area (Å²) in [5.41, 5.74) is 1.07. The lowest BCUT2D eigenvalue weighted by Gasteiger charge is -1.97. The molecule has 0 aliphatic rings. The summed E-state index contributed by atoms with van der Waals surface area (Å²) in [5.74, 6) is -0.900. The Balaban J connectivity index is 2.08. The summed E-state index contributed by atoms with van der Waals surface area (Å²) >= 11 is 2.48. The Hall–Kier alpha value is -1.80. The zero-order valence-electron chi connectivity index (χ0n) is 11.2. The lowest BCUT2D eigenvalue weighted by Crippen LogP contribution is -2.13. The summed E-state index contributed by atoms with van der Waals surface area (Å²) in [6.07, 6.45) is 0. The second-order valence-electron chi connectivity index (χ2n) is 3.87. The molecule has 1 N–H and O–H groups in total. The van der Waals surface area contributed by atoms with Gasteiger partial charge in [-0.25, -0.2) is 14.8 Å². The molecule has 2 aromatic rings. The third kappa shape index (κ3) is 3.20. The maximum Gasteiger partial charge on any atom is 0.367 e. The van der Waals surface area contributed by atoms with Crippen molar-refractivity contribution in [2.45, 2.75) is 20.8 Å². The molecule has 0 aliphatic carbocycles. The van der Waals surface area contributed by atoms with Crippen molar-refractivity contribution in [1.29, 1.82) is 0 Å². The molecule has 106 valence electrons. The van der Waals surface area contributed by atoms with E-state index in [-0.39, 0.29) is 23.2 Å². The number of carbonyl (C=O) groups is 2. The van der Waals surface area contributed by atoms with Gasteiger partial charge in [-0.1, -0.05) is 0 Å². The minimum Gasteiger partial charge on any atom is -0.461 e. The van der Waals surface area contributed by atoms with Gasteiger partial charge in [0.2, 0.25) is 5.01 Å². The van der Waals surface area contributed by atoms with E-state index in [0.29, 0.717) is 5.13 Å². The SMILES string of the molecule is CCOC(=O)c1nc(C(=O)Nc2nc(C)c(C)s2)cs1. The molecule has 8 heteroatoms. The number of rotatable bonds is 4. The molecule has 0 saturated carbocycles. The average molecular weight is 311 g/mol. The van der Waals surface area contributed by atoms with Crippen molar-refractivity contribution in [1.82, 2.24) is 9.97 Å². The minimum atomic E-state index is -0.516. The van der Waals surface area contributed by atoms with Gasteiger partial charge in [0, 0.05) is 10.3 Å². The highest BCUT2D eigenvalue weighted by Gasteiger charge is 2.17. The summed E-state index contributed by atoms with van der Waals surface area (Å²) < 4.78 is 4.83. The van der Waals surface area contributed by atoms with E-state index in [2.05, 4.69) is 15.3 Å². The van der Waals surface area contributed by atoms with Crippen LogP contribution in [0.15, 0.2) is 5.38 Å². The first-order valence-corrected chi connectivity index (χ1v) is 7.59. The molecule has 2 heterocycles. The summed E-state index contributed by atoms with van der Waals surface area (Å²) in [7, 11) is 0. The van der Waals surface area contributed by atoms with Gasteiger partial charge in [0.05, 0.1) is 12.3 Å². The quantitative estimate of drug-likeness (QED) is 0.878. The third-order valence-corrected chi connectivity index (χ3v) is 4.25. The van der Waals surface area contributed by atoms with Crippen molar-refractivity contribution in [3.63, 3.8) is 0 Å². The van der Waals surface area contributed by atoms with Crippen molar-refractivity contribution in [2.75, 3.05) is 11.9 Å². The Labute approximate surface area is 123 Å². The molecule has 2 rings (SSSR count). The normalized spacial score (nSPS) is 10.3. The van der Waals surface area contributed by atoms with Crippen LogP contribution in [-0.4, -0.2) is 28.5 Å². The van der Waals surface area contributed by atoms with E-state index in [0.717, 1.165) is 21.9 Å². The van der Waals surface area contributed by atoms with E-state index >= 15 is 0 Å². The summed E-state index contributed by atoms with van der Waals surface area (Å²) in [6.45, 7) is 5.80. The van der Waals surface area contributed by atoms with E-state index in [4.69, 9.17) is 4.74 Å². The van der Waals surface area contributed by atoms with Gasteiger partial charge in [-0.15, -0.1) is 22.7 Å². The van der Waals surface area contributed by atoms with Crippen LogP contribution in [0.1, 0.15) is 37.8 Å². The fraction of sp³-hybridized carbons (Fsp3) is 0.333. The Kier molecular flexibility index (Phi) is 4.46. The maximum atomic E-state index is 12.0. The molecule has 2 aromatic heterocycles. The van der Waals surface area contributed by atoms with Crippen molar-refractivity contribution in [3.8, 4) is 0 Å². The first-order chi connectivity index (χ1) is 9.51. The second-order valence-corrected chi connectivity index (χ2v) is 5.93. The largest absolute Gasteiger partial charge is 0.461 e. The minimum absolute atomic E-state index is 0.170.